The van der Waals surface area contributed by atoms with Gasteiger partial charge < -0.3 is 39.0 Å². The summed E-state index contributed by atoms with van der Waals surface area (Å²) in [5.74, 6) is 1.25. The van der Waals surface area contributed by atoms with Gasteiger partial charge in [-0.15, -0.1) is 0 Å². The van der Waals surface area contributed by atoms with Gasteiger partial charge in [0.15, 0.2) is 6.29 Å². The van der Waals surface area contributed by atoms with Gasteiger partial charge in [-0.05, 0) is 12.5 Å². The average molecular weight is 551 g/mol. The van der Waals surface area contributed by atoms with Crippen LogP contribution in [0, 0.1) is 5.92 Å². The van der Waals surface area contributed by atoms with Crippen LogP contribution in [0.2, 0.25) is 5.02 Å². The molecule has 3 atom stereocenters. The summed E-state index contributed by atoms with van der Waals surface area (Å²) in [6, 6.07) is 5.66. The normalized spacial score (nSPS) is 22.3. The van der Waals surface area contributed by atoms with Gasteiger partial charge in [-0.2, -0.15) is 0 Å². The predicted octanol–water partition coefficient (Wildman–Crippen LogP) is 3.13. The van der Waals surface area contributed by atoms with E-state index in [1.165, 1.54) is 0 Å². The van der Waals surface area contributed by atoms with Crippen LogP contribution in [0.1, 0.15) is 32.6 Å². The van der Waals surface area contributed by atoms with Crippen LogP contribution >= 0.6 is 11.6 Å². The third kappa shape index (κ3) is 7.18. The van der Waals surface area contributed by atoms with Gasteiger partial charge in [-0.1, -0.05) is 18.5 Å². The topological polar surface area (TPSA) is 110 Å². The second-order valence-corrected chi connectivity index (χ2v) is 10.3. The molecule has 210 valence electrons. The number of aliphatic hydroxyl groups is 2. The van der Waals surface area contributed by atoms with Gasteiger partial charge in [-0.3, -0.25) is 0 Å². The van der Waals surface area contributed by atoms with Gasteiger partial charge >= 0.3 is 0 Å². The minimum atomic E-state index is -1.39. The average Bonchev–Trinajstić information content (AvgIpc) is 3.22. The predicted molar refractivity (Wildman–Crippen MR) is 145 cm³/mol. The maximum absolute atomic E-state index is 9.70. The maximum atomic E-state index is 9.70. The second-order valence-electron chi connectivity index (χ2n) is 9.89. The SMILES string of the molecule is COCCCO[C@H]1CN(c2ccc(OC3CCN(c4cc(OC)ncc4Cl)CC3)nc2)[C@@H](CC(O)O)[C@@H]1C. The summed E-state index contributed by atoms with van der Waals surface area (Å²) in [5.41, 5.74) is 1.83. The summed E-state index contributed by atoms with van der Waals surface area (Å²) in [7, 11) is 3.27. The van der Waals surface area contributed by atoms with Gasteiger partial charge in [0.1, 0.15) is 6.10 Å². The molecule has 2 aromatic rings. The fourth-order valence-electron chi connectivity index (χ4n) is 5.29. The summed E-state index contributed by atoms with van der Waals surface area (Å²) >= 11 is 6.37. The first-order chi connectivity index (χ1) is 18.4. The number of hydrogen-bond acceptors (Lipinski definition) is 10. The minimum absolute atomic E-state index is 0.00872. The Kier molecular flexibility index (Phi) is 10.3. The van der Waals surface area contributed by atoms with Crippen molar-refractivity contribution >= 4 is 23.0 Å². The number of hydrogen-bond donors (Lipinski definition) is 2. The number of nitrogens with zero attached hydrogens (tertiary/aromatic N) is 4. The van der Waals surface area contributed by atoms with Crippen molar-refractivity contribution in [3.63, 3.8) is 0 Å². The van der Waals surface area contributed by atoms with Gasteiger partial charge in [0.25, 0.3) is 0 Å². The van der Waals surface area contributed by atoms with E-state index in [0.29, 0.717) is 36.5 Å². The largest absolute Gasteiger partial charge is 0.481 e. The summed E-state index contributed by atoms with van der Waals surface area (Å²) in [4.78, 5) is 13.1. The van der Waals surface area contributed by atoms with E-state index in [2.05, 4.69) is 26.7 Å². The first-order valence-electron chi connectivity index (χ1n) is 13.2. The van der Waals surface area contributed by atoms with Crippen LogP contribution < -0.4 is 19.3 Å². The Morgan fingerprint density at radius 2 is 1.84 bits per heavy atom. The number of aromatic nitrogens is 2. The van der Waals surface area contributed by atoms with E-state index in [1.54, 1.807) is 26.6 Å². The molecule has 0 amide bonds. The Bertz CT molecular complexity index is 1010. The summed E-state index contributed by atoms with van der Waals surface area (Å²) in [6.07, 6.45) is 4.82. The molecule has 4 rings (SSSR count). The molecule has 0 unspecified atom stereocenters. The molecule has 10 nitrogen and oxygen atoms in total. The van der Waals surface area contributed by atoms with Crippen molar-refractivity contribution in [2.24, 2.45) is 5.92 Å². The molecule has 0 aliphatic carbocycles. The third-order valence-electron chi connectivity index (χ3n) is 7.39. The molecular weight excluding hydrogens is 512 g/mol. The molecule has 4 heterocycles. The Morgan fingerprint density at radius 3 is 2.50 bits per heavy atom. The molecule has 0 bridgehead atoms. The molecule has 11 heteroatoms. The lowest BCUT2D eigenvalue weighted by molar-refractivity contribution is -0.0542. The Morgan fingerprint density at radius 1 is 1.08 bits per heavy atom. The number of piperidine rings is 1. The zero-order chi connectivity index (χ0) is 27.1. The molecule has 0 saturated carbocycles. The van der Waals surface area contributed by atoms with E-state index in [1.807, 2.05) is 18.2 Å². The molecule has 0 spiro atoms. The van der Waals surface area contributed by atoms with E-state index in [4.69, 9.17) is 30.5 Å². The van der Waals surface area contributed by atoms with Gasteiger partial charge in [-0.25, -0.2) is 9.97 Å². The molecule has 2 saturated heterocycles. The van der Waals surface area contributed by atoms with E-state index < -0.39 is 6.29 Å². The van der Waals surface area contributed by atoms with Crippen molar-refractivity contribution in [2.45, 2.75) is 57.1 Å². The van der Waals surface area contributed by atoms with E-state index in [-0.39, 0.29) is 30.6 Å². The van der Waals surface area contributed by atoms with Gasteiger partial charge in [0, 0.05) is 83.3 Å². The van der Waals surface area contributed by atoms with Crippen molar-refractivity contribution < 1.29 is 29.2 Å². The van der Waals surface area contributed by atoms with Crippen LogP contribution in [0.5, 0.6) is 11.8 Å². The molecule has 2 aliphatic rings. The number of aliphatic hydroxyl groups excluding tert-OH is 1. The highest BCUT2D eigenvalue weighted by Crippen LogP contribution is 2.35. The van der Waals surface area contributed by atoms with Crippen molar-refractivity contribution in [2.75, 3.05) is 56.9 Å². The van der Waals surface area contributed by atoms with Crippen molar-refractivity contribution in [1.29, 1.82) is 0 Å². The molecule has 0 radical (unpaired) electrons. The minimum Gasteiger partial charge on any atom is -0.481 e. The molecule has 2 fully saturated rings. The van der Waals surface area contributed by atoms with Gasteiger partial charge in [0.05, 0.1) is 42.0 Å². The van der Waals surface area contributed by atoms with Crippen LogP contribution in [0.3, 0.4) is 0 Å². The monoisotopic (exact) mass is 550 g/mol. The van der Waals surface area contributed by atoms with Crippen LogP contribution in [0.25, 0.3) is 0 Å². The third-order valence-corrected chi connectivity index (χ3v) is 7.68. The van der Waals surface area contributed by atoms with Crippen molar-refractivity contribution in [1.82, 2.24) is 9.97 Å². The number of halogens is 1. The molecule has 2 aliphatic heterocycles. The van der Waals surface area contributed by atoms with Crippen LogP contribution in [0.4, 0.5) is 11.4 Å². The first-order valence-corrected chi connectivity index (χ1v) is 13.6. The smallest absolute Gasteiger partial charge is 0.215 e. The standard InChI is InChI=1S/C27H39ClN4O6/c1-18-22(14-27(33)34)32(17-24(18)37-12-4-11-35-2)19-5-6-25(29-15-19)38-20-7-9-31(10-8-20)23-13-26(36-3)30-16-21(23)28/h5-6,13,15-16,18,20,22,24,27,33-34H,4,7-12,14,17H2,1-3H3/t18-,22-,24-/m0/s1. The molecular formula is C27H39ClN4O6. The fourth-order valence-corrected chi connectivity index (χ4v) is 5.51. The van der Waals surface area contributed by atoms with Crippen LogP contribution in [-0.4, -0.2) is 91.8 Å². The Hall–Kier alpha value is -2.37. The highest BCUT2D eigenvalue weighted by molar-refractivity contribution is 6.33. The highest BCUT2D eigenvalue weighted by Gasteiger charge is 2.40. The Balaban J connectivity index is 1.34. The van der Waals surface area contributed by atoms with E-state index in [0.717, 1.165) is 43.7 Å². The quantitative estimate of drug-likeness (QED) is 0.302. The van der Waals surface area contributed by atoms with Crippen molar-refractivity contribution in [3.8, 4) is 11.8 Å². The zero-order valence-electron chi connectivity index (χ0n) is 22.3. The molecule has 2 aromatic heterocycles. The second kappa shape index (κ2) is 13.6. The number of ether oxygens (including phenoxy) is 4. The molecule has 2 N–H and O–H groups in total. The summed E-state index contributed by atoms with van der Waals surface area (Å²) < 4.78 is 22.7. The number of anilines is 2. The van der Waals surface area contributed by atoms with Crippen LogP contribution in [0.15, 0.2) is 30.6 Å². The van der Waals surface area contributed by atoms with E-state index >= 15 is 0 Å². The fraction of sp³-hybridized carbons (Fsp3) is 0.630. The van der Waals surface area contributed by atoms with Crippen LogP contribution in [-0.2, 0) is 9.47 Å². The Labute approximate surface area is 229 Å². The summed E-state index contributed by atoms with van der Waals surface area (Å²) in [5, 5.41) is 20.0. The van der Waals surface area contributed by atoms with E-state index in [9.17, 15) is 10.2 Å². The summed E-state index contributed by atoms with van der Waals surface area (Å²) in [6.45, 7) is 5.63. The zero-order valence-corrected chi connectivity index (χ0v) is 23.1. The number of pyridine rings is 2. The van der Waals surface area contributed by atoms with Crippen molar-refractivity contribution in [3.05, 3.63) is 35.6 Å². The lowest BCUT2D eigenvalue weighted by Crippen LogP contribution is -2.38. The number of methoxy groups -OCH3 is 2. The lowest BCUT2D eigenvalue weighted by atomic mass is 9.97. The number of rotatable bonds is 12. The molecule has 0 aromatic carbocycles. The first kappa shape index (κ1) is 28.6. The lowest BCUT2D eigenvalue weighted by Gasteiger charge is -2.34. The highest BCUT2D eigenvalue weighted by atomic mass is 35.5. The molecule has 38 heavy (non-hydrogen) atoms. The maximum Gasteiger partial charge on any atom is 0.215 e. The van der Waals surface area contributed by atoms with Gasteiger partial charge in [0.2, 0.25) is 11.8 Å².